The van der Waals surface area contributed by atoms with E-state index in [1.807, 2.05) is 44.0 Å². The molecule has 1 N–H and O–H groups in total. The highest BCUT2D eigenvalue weighted by Crippen LogP contribution is 2.26. The van der Waals surface area contributed by atoms with Crippen molar-refractivity contribution >= 4 is 28.6 Å². The normalized spacial score (nSPS) is 15.2. The van der Waals surface area contributed by atoms with Crippen molar-refractivity contribution in [2.75, 3.05) is 23.3 Å². The Balaban J connectivity index is 1.32. The van der Waals surface area contributed by atoms with Crippen LogP contribution < -0.4 is 10.2 Å². The Bertz CT molecular complexity index is 1170. The lowest BCUT2D eigenvalue weighted by Gasteiger charge is -2.32. The predicted molar refractivity (Wildman–Crippen MR) is 121 cm³/mol. The van der Waals surface area contributed by atoms with E-state index in [1.165, 1.54) is 0 Å². The third-order valence-corrected chi connectivity index (χ3v) is 5.86. The van der Waals surface area contributed by atoms with Gasteiger partial charge in [0.15, 0.2) is 0 Å². The van der Waals surface area contributed by atoms with Crippen molar-refractivity contribution in [3.05, 3.63) is 49.1 Å². The van der Waals surface area contributed by atoms with Crippen molar-refractivity contribution in [3.63, 3.8) is 0 Å². The minimum absolute atomic E-state index is 0.330. The molecule has 0 spiro atoms. The van der Waals surface area contributed by atoms with Gasteiger partial charge >= 0.3 is 0 Å². The summed E-state index contributed by atoms with van der Waals surface area (Å²) in [5.74, 6) is 3.23. The second kappa shape index (κ2) is 7.98. The molecule has 0 aliphatic carbocycles. The van der Waals surface area contributed by atoms with Crippen LogP contribution in [0.5, 0.6) is 0 Å². The first kappa shape index (κ1) is 19.5. The highest BCUT2D eigenvalue weighted by Gasteiger charge is 2.22. The Hall–Kier alpha value is -3.49. The molecule has 9 heteroatoms. The van der Waals surface area contributed by atoms with Crippen LogP contribution in [0.25, 0.3) is 11.0 Å². The Morgan fingerprint density at radius 2 is 1.90 bits per heavy atom. The maximum atomic E-state index is 4.74. The number of fused-ring (bicyclic) bond motifs is 1. The van der Waals surface area contributed by atoms with E-state index in [0.29, 0.717) is 12.1 Å². The van der Waals surface area contributed by atoms with Crippen LogP contribution in [0.3, 0.4) is 0 Å². The van der Waals surface area contributed by atoms with Crippen molar-refractivity contribution in [2.24, 2.45) is 0 Å². The average molecular weight is 418 g/mol. The fourth-order valence-electron chi connectivity index (χ4n) is 4.39. The molecule has 31 heavy (non-hydrogen) atoms. The molecular weight excluding hydrogens is 390 g/mol. The summed E-state index contributed by atoms with van der Waals surface area (Å²) in [6, 6.07) is 4.73. The Morgan fingerprint density at radius 1 is 1.06 bits per heavy atom. The Morgan fingerprint density at radius 3 is 2.65 bits per heavy atom. The van der Waals surface area contributed by atoms with Crippen LogP contribution in [0.1, 0.15) is 44.6 Å². The number of aromatic nitrogens is 7. The number of anilines is 3. The molecule has 1 saturated heterocycles. The van der Waals surface area contributed by atoms with Gasteiger partial charge in [0, 0.05) is 49.8 Å². The minimum Gasteiger partial charge on any atom is -0.341 e. The van der Waals surface area contributed by atoms with Crippen molar-refractivity contribution in [2.45, 2.75) is 45.7 Å². The molecular formula is C22H27N9. The maximum Gasteiger partial charge on any atom is 0.227 e. The molecule has 0 amide bonds. The molecule has 5 heterocycles. The monoisotopic (exact) mass is 417 g/mol. The van der Waals surface area contributed by atoms with E-state index in [0.717, 1.165) is 60.4 Å². The Kier molecular flexibility index (Phi) is 5.01. The number of rotatable bonds is 5. The molecule has 1 aliphatic rings. The van der Waals surface area contributed by atoms with Gasteiger partial charge in [0.1, 0.15) is 23.0 Å². The van der Waals surface area contributed by atoms with Crippen molar-refractivity contribution < 1.29 is 0 Å². The number of hydrogen-bond donors (Lipinski definition) is 1. The molecule has 1 fully saturated rings. The number of imidazole rings is 2. The van der Waals surface area contributed by atoms with Gasteiger partial charge < -0.3 is 19.4 Å². The molecule has 0 atom stereocenters. The Labute approximate surface area is 181 Å². The number of nitrogens with one attached hydrogen (secondary N) is 1. The first-order valence-electron chi connectivity index (χ1n) is 10.8. The number of piperidine rings is 1. The van der Waals surface area contributed by atoms with E-state index in [2.05, 4.69) is 53.1 Å². The molecule has 4 aromatic heterocycles. The summed E-state index contributed by atoms with van der Waals surface area (Å²) >= 11 is 0. The summed E-state index contributed by atoms with van der Waals surface area (Å²) in [6.45, 7) is 8.19. The molecule has 5 rings (SSSR count). The van der Waals surface area contributed by atoms with E-state index in [1.54, 1.807) is 6.20 Å². The highest BCUT2D eigenvalue weighted by molar-refractivity contribution is 5.79. The molecule has 0 saturated carbocycles. The lowest BCUT2D eigenvalue weighted by Crippen LogP contribution is -2.35. The second-order valence-corrected chi connectivity index (χ2v) is 8.28. The number of pyridine rings is 1. The van der Waals surface area contributed by atoms with Crippen LogP contribution in [0, 0.1) is 6.92 Å². The summed E-state index contributed by atoms with van der Waals surface area (Å²) in [5.41, 5.74) is 1.97. The van der Waals surface area contributed by atoms with E-state index < -0.39 is 0 Å². The number of nitrogens with zero attached hydrogens (tertiary/aromatic N) is 8. The first-order chi connectivity index (χ1) is 15.1. The molecule has 160 valence electrons. The van der Waals surface area contributed by atoms with Gasteiger partial charge in [-0.3, -0.25) is 0 Å². The molecule has 0 bridgehead atoms. The highest BCUT2D eigenvalue weighted by atomic mass is 15.3. The van der Waals surface area contributed by atoms with Crippen LogP contribution in [-0.4, -0.2) is 47.1 Å². The SMILES string of the molecule is Cc1nc2cnc(Nc3ccnc(N4CCC(n5ccnc5)CC4)n3)cc2n1C(C)C. The summed E-state index contributed by atoms with van der Waals surface area (Å²) < 4.78 is 4.42. The van der Waals surface area contributed by atoms with Gasteiger partial charge in [0.05, 0.1) is 18.0 Å². The largest absolute Gasteiger partial charge is 0.341 e. The zero-order valence-electron chi connectivity index (χ0n) is 18.1. The fourth-order valence-corrected chi connectivity index (χ4v) is 4.39. The number of aryl methyl sites for hydroxylation is 1. The number of hydrogen-bond acceptors (Lipinski definition) is 7. The van der Waals surface area contributed by atoms with E-state index in [4.69, 9.17) is 4.98 Å². The second-order valence-electron chi connectivity index (χ2n) is 8.28. The standard InChI is InChI=1S/C22H27N9/c1-15(2)31-16(3)26-18-13-25-21(12-19(18)31)27-20-4-7-24-22(28-20)29-9-5-17(6-10-29)30-11-8-23-14-30/h4,7-8,11-15,17H,5-6,9-10H2,1-3H3,(H,24,25,27,28). The van der Waals surface area contributed by atoms with Crippen LogP contribution in [0.4, 0.5) is 17.6 Å². The minimum atomic E-state index is 0.330. The zero-order valence-corrected chi connectivity index (χ0v) is 18.1. The van der Waals surface area contributed by atoms with E-state index in [-0.39, 0.29) is 0 Å². The molecule has 4 aromatic rings. The van der Waals surface area contributed by atoms with Gasteiger partial charge in [-0.15, -0.1) is 0 Å². The van der Waals surface area contributed by atoms with Gasteiger partial charge in [-0.1, -0.05) is 0 Å². The van der Waals surface area contributed by atoms with Crippen molar-refractivity contribution in [1.82, 2.24) is 34.1 Å². The third kappa shape index (κ3) is 3.83. The lowest BCUT2D eigenvalue weighted by atomic mass is 10.1. The van der Waals surface area contributed by atoms with Gasteiger partial charge in [-0.05, 0) is 39.7 Å². The van der Waals surface area contributed by atoms with E-state index >= 15 is 0 Å². The molecule has 9 nitrogen and oxygen atoms in total. The van der Waals surface area contributed by atoms with Gasteiger partial charge in [-0.25, -0.2) is 19.9 Å². The third-order valence-electron chi connectivity index (χ3n) is 5.86. The van der Waals surface area contributed by atoms with Crippen LogP contribution in [0.15, 0.2) is 43.2 Å². The fraction of sp³-hybridized carbons (Fsp3) is 0.409. The first-order valence-corrected chi connectivity index (χ1v) is 10.8. The zero-order chi connectivity index (χ0) is 21.4. The predicted octanol–water partition coefficient (Wildman–Crippen LogP) is 3.89. The molecule has 0 unspecified atom stereocenters. The summed E-state index contributed by atoms with van der Waals surface area (Å²) in [7, 11) is 0. The average Bonchev–Trinajstić information content (AvgIpc) is 3.41. The van der Waals surface area contributed by atoms with Crippen molar-refractivity contribution in [3.8, 4) is 0 Å². The van der Waals surface area contributed by atoms with Crippen LogP contribution in [-0.2, 0) is 0 Å². The smallest absolute Gasteiger partial charge is 0.227 e. The molecule has 1 aliphatic heterocycles. The van der Waals surface area contributed by atoms with Gasteiger partial charge in [-0.2, -0.15) is 4.98 Å². The maximum absolute atomic E-state index is 4.74. The van der Waals surface area contributed by atoms with Crippen LogP contribution in [0.2, 0.25) is 0 Å². The van der Waals surface area contributed by atoms with Gasteiger partial charge in [0.2, 0.25) is 5.95 Å². The molecule has 0 radical (unpaired) electrons. The van der Waals surface area contributed by atoms with E-state index in [9.17, 15) is 0 Å². The van der Waals surface area contributed by atoms with Gasteiger partial charge in [0.25, 0.3) is 0 Å². The summed E-state index contributed by atoms with van der Waals surface area (Å²) in [4.78, 5) is 24.8. The van der Waals surface area contributed by atoms with Crippen molar-refractivity contribution in [1.29, 1.82) is 0 Å². The van der Waals surface area contributed by atoms with Crippen LogP contribution >= 0.6 is 0 Å². The quantitative estimate of drug-likeness (QED) is 0.527. The summed E-state index contributed by atoms with van der Waals surface area (Å²) in [5, 5.41) is 3.34. The topological polar surface area (TPSA) is 89.6 Å². The molecule has 0 aromatic carbocycles. The summed E-state index contributed by atoms with van der Waals surface area (Å²) in [6.07, 6.45) is 11.5. The lowest BCUT2D eigenvalue weighted by molar-refractivity contribution is 0.393.